The summed E-state index contributed by atoms with van der Waals surface area (Å²) in [5, 5.41) is 2.16. The van der Waals surface area contributed by atoms with Gasteiger partial charge in [0.25, 0.3) is 11.8 Å². The fourth-order valence-electron chi connectivity index (χ4n) is 4.21. The second kappa shape index (κ2) is 7.95. The molecular formula is C25H24N2O4. The molecule has 0 aromatic heterocycles. The number of carbonyl (C=O) groups excluding carboxylic acids is 2. The van der Waals surface area contributed by atoms with Crippen molar-refractivity contribution in [1.82, 2.24) is 9.80 Å². The number of ether oxygens (including phenoxy) is 2. The Kier molecular flexibility index (Phi) is 4.98. The number of hydrogen-bond acceptors (Lipinski definition) is 4. The van der Waals surface area contributed by atoms with E-state index in [1.165, 1.54) is 0 Å². The summed E-state index contributed by atoms with van der Waals surface area (Å²) < 4.78 is 11.8. The monoisotopic (exact) mass is 416 g/mol. The first-order valence-corrected chi connectivity index (χ1v) is 10.6. The molecule has 0 saturated carbocycles. The Morgan fingerprint density at radius 3 is 2.13 bits per heavy atom. The number of piperazine rings is 1. The molecule has 2 unspecified atom stereocenters. The number of hydrogen-bond donors (Lipinski definition) is 0. The number of rotatable bonds is 2. The molecule has 2 aliphatic heterocycles. The third-order valence-corrected chi connectivity index (χ3v) is 5.96. The van der Waals surface area contributed by atoms with E-state index in [-0.39, 0.29) is 17.9 Å². The molecule has 6 heteroatoms. The van der Waals surface area contributed by atoms with Crippen molar-refractivity contribution in [3.05, 3.63) is 72.3 Å². The first kappa shape index (κ1) is 19.4. The van der Waals surface area contributed by atoms with Crippen LogP contribution in [0.2, 0.25) is 0 Å². The minimum atomic E-state index is -0.683. The van der Waals surface area contributed by atoms with E-state index in [2.05, 4.69) is 0 Å². The summed E-state index contributed by atoms with van der Waals surface area (Å²) in [7, 11) is 0. The van der Waals surface area contributed by atoms with Gasteiger partial charge in [0.15, 0.2) is 11.5 Å². The summed E-state index contributed by atoms with van der Waals surface area (Å²) in [4.78, 5) is 29.6. The molecular weight excluding hydrogens is 392 g/mol. The molecule has 0 aliphatic carbocycles. The first-order chi connectivity index (χ1) is 15.1. The quantitative estimate of drug-likeness (QED) is 0.643. The van der Waals surface area contributed by atoms with Crippen molar-refractivity contribution in [3.63, 3.8) is 0 Å². The molecule has 0 radical (unpaired) electrons. The van der Waals surface area contributed by atoms with Crippen LogP contribution in [-0.2, 0) is 4.79 Å². The van der Waals surface area contributed by atoms with Gasteiger partial charge < -0.3 is 19.3 Å². The molecule has 1 saturated heterocycles. The van der Waals surface area contributed by atoms with Crippen LogP contribution in [0.5, 0.6) is 11.5 Å². The lowest BCUT2D eigenvalue weighted by Crippen LogP contribution is -2.56. The zero-order valence-electron chi connectivity index (χ0n) is 17.4. The fraction of sp³-hybridized carbons (Fsp3) is 0.280. The van der Waals surface area contributed by atoms with Crippen molar-refractivity contribution in [2.24, 2.45) is 0 Å². The van der Waals surface area contributed by atoms with Crippen LogP contribution in [0, 0.1) is 0 Å². The maximum atomic E-state index is 13.1. The normalized spacial score (nSPS) is 20.5. The maximum absolute atomic E-state index is 13.1. The molecule has 2 heterocycles. The Morgan fingerprint density at radius 1 is 0.774 bits per heavy atom. The van der Waals surface area contributed by atoms with Crippen molar-refractivity contribution in [2.45, 2.75) is 19.1 Å². The molecule has 3 aromatic carbocycles. The largest absolute Gasteiger partial charge is 0.482 e. The number of amides is 2. The predicted octanol–water partition coefficient (Wildman–Crippen LogP) is 3.35. The number of benzene rings is 3. The van der Waals surface area contributed by atoms with E-state index in [1.54, 1.807) is 4.90 Å². The Hall–Kier alpha value is -3.54. The molecule has 6 nitrogen and oxygen atoms in total. The average molecular weight is 416 g/mol. The van der Waals surface area contributed by atoms with E-state index in [0.29, 0.717) is 43.2 Å². The lowest BCUT2D eigenvalue weighted by atomic mass is 10.1. The van der Waals surface area contributed by atoms with Gasteiger partial charge in [-0.25, -0.2) is 0 Å². The van der Waals surface area contributed by atoms with Gasteiger partial charge in [0, 0.05) is 31.7 Å². The molecule has 2 amide bonds. The summed E-state index contributed by atoms with van der Waals surface area (Å²) in [6.45, 7) is 3.79. The zero-order chi connectivity index (χ0) is 21.4. The van der Waals surface area contributed by atoms with Crippen LogP contribution >= 0.6 is 0 Å². The third-order valence-electron chi connectivity index (χ3n) is 5.96. The van der Waals surface area contributed by atoms with Gasteiger partial charge in [0.1, 0.15) is 6.10 Å². The third kappa shape index (κ3) is 3.69. The highest BCUT2D eigenvalue weighted by molar-refractivity contribution is 5.98. The van der Waals surface area contributed by atoms with Crippen LogP contribution in [0.25, 0.3) is 10.8 Å². The van der Waals surface area contributed by atoms with E-state index in [0.717, 1.165) is 10.8 Å². The van der Waals surface area contributed by atoms with Gasteiger partial charge in [-0.2, -0.15) is 0 Å². The van der Waals surface area contributed by atoms with Crippen molar-refractivity contribution < 1.29 is 19.1 Å². The van der Waals surface area contributed by atoms with Crippen LogP contribution in [0.3, 0.4) is 0 Å². The molecule has 158 valence electrons. The number of para-hydroxylation sites is 2. The van der Waals surface area contributed by atoms with Gasteiger partial charge in [0.2, 0.25) is 6.10 Å². The Morgan fingerprint density at radius 2 is 1.39 bits per heavy atom. The minimum absolute atomic E-state index is 0.00241. The van der Waals surface area contributed by atoms with Gasteiger partial charge in [-0.1, -0.05) is 42.5 Å². The van der Waals surface area contributed by atoms with Gasteiger partial charge in [-0.05, 0) is 42.0 Å². The number of fused-ring (bicyclic) bond motifs is 2. The first-order valence-electron chi connectivity index (χ1n) is 10.6. The summed E-state index contributed by atoms with van der Waals surface area (Å²) in [5.41, 5.74) is 0.674. The lowest BCUT2D eigenvalue weighted by molar-refractivity contribution is -0.145. The van der Waals surface area contributed by atoms with Crippen molar-refractivity contribution in [2.75, 3.05) is 26.2 Å². The predicted molar refractivity (Wildman–Crippen MR) is 117 cm³/mol. The van der Waals surface area contributed by atoms with E-state index in [9.17, 15) is 9.59 Å². The lowest BCUT2D eigenvalue weighted by Gasteiger charge is -2.38. The molecule has 2 atom stereocenters. The van der Waals surface area contributed by atoms with E-state index in [4.69, 9.17) is 9.47 Å². The van der Waals surface area contributed by atoms with Crippen LogP contribution in [-0.4, -0.2) is 60.0 Å². The van der Waals surface area contributed by atoms with Gasteiger partial charge in [-0.15, -0.1) is 0 Å². The number of nitrogens with zero attached hydrogens (tertiary/aromatic N) is 2. The van der Waals surface area contributed by atoms with Gasteiger partial charge in [-0.3, -0.25) is 9.59 Å². The molecule has 31 heavy (non-hydrogen) atoms. The maximum Gasteiger partial charge on any atom is 0.267 e. The van der Waals surface area contributed by atoms with Crippen LogP contribution < -0.4 is 9.47 Å². The summed E-state index contributed by atoms with van der Waals surface area (Å²) in [6, 6.07) is 21.2. The molecule has 0 bridgehead atoms. The summed E-state index contributed by atoms with van der Waals surface area (Å²) in [6.07, 6.45) is -1.06. The van der Waals surface area contributed by atoms with Crippen molar-refractivity contribution in [3.8, 4) is 11.5 Å². The standard InChI is InChI=1S/C25H24N2O4/c1-17-23(31-22-9-5-4-8-21(22)30-17)25(29)27-14-12-26(13-15-27)24(28)20-11-10-18-6-2-3-7-19(18)16-20/h2-11,16-17,23H,12-15H2,1H3. The SMILES string of the molecule is CC1Oc2ccccc2OC1C(=O)N1CCN(C(=O)c2ccc3ccccc3c2)CC1. The van der Waals surface area contributed by atoms with E-state index < -0.39 is 6.10 Å². The highest BCUT2D eigenvalue weighted by Gasteiger charge is 2.38. The molecule has 0 spiro atoms. The second-order valence-corrected chi connectivity index (χ2v) is 7.99. The fourth-order valence-corrected chi connectivity index (χ4v) is 4.21. The Balaban J connectivity index is 1.23. The van der Waals surface area contributed by atoms with Gasteiger partial charge in [0.05, 0.1) is 0 Å². The molecule has 1 fully saturated rings. The van der Waals surface area contributed by atoms with E-state index >= 15 is 0 Å². The highest BCUT2D eigenvalue weighted by atomic mass is 16.6. The Labute approximate surface area is 181 Å². The minimum Gasteiger partial charge on any atom is -0.482 e. The van der Waals surface area contributed by atoms with Crippen LogP contribution in [0.15, 0.2) is 66.7 Å². The number of carbonyl (C=O) groups is 2. The van der Waals surface area contributed by atoms with Crippen LogP contribution in [0.1, 0.15) is 17.3 Å². The molecule has 5 rings (SSSR count). The molecule has 3 aromatic rings. The highest BCUT2D eigenvalue weighted by Crippen LogP contribution is 2.34. The second-order valence-electron chi connectivity index (χ2n) is 7.99. The topological polar surface area (TPSA) is 59.1 Å². The summed E-state index contributed by atoms with van der Waals surface area (Å²) in [5.74, 6) is 1.14. The van der Waals surface area contributed by atoms with Crippen LogP contribution in [0.4, 0.5) is 0 Å². The average Bonchev–Trinajstić information content (AvgIpc) is 2.82. The van der Waals surface area contributed by atoms with Crippen molar-refractivity contribution in [1.29, 1.82) is 0 Å². The van der Waals surface area contributed by atoms with Gasteiger partial charge >= 0.3 is 0 Å². The molecule has 2 aliphatic rings. The van der Waals surface area contributed by atoms with Crippen molar-refractivity contribution >= 4 is 22.6 Å². The zero-order valence-corrected chi connectivity index (χ0v) is 17.4. The molecule has 0 N–H and O–H groups in total. The summed E-state index contributed by atoms with van der Waals surface area (Å²) >= 11 is 0. The Bertz CT molecular complexity index is 1140. The smallest absolute Gasteiger partial charge is 0.267 e. The van der Waals surface area contributed by atoms with E-state index in [1.807, 2.05) is 78.6 Å².